The van der Waals surface area contributed by atoms with Gasteiger partial charge in [0.15, 0.2) is 5.78 Å². The first-order chi connectivity index (χ1) is 19.3. The highest BCUT2D eigenvalue weighted by atomic mass is 16.5. The standard InChI is InChI=1S/C31H30O10/c1-31(2,38)26(32)21-9-5-18(6-10-21)13-14-41-30(37)22-11-7-19(16-24(22)27(33)34)15-20-8-12-23(28(35)39-3)25(17-20)29(36)40-4/h5-12,16-17,38H,13-15H2,1-4H3,(H,33,34). The zero-order chi connectivity index (χ0) is 30.3. The van der Waals surface area contributed by atoms with Gasteiger partial charge in [-0.3, -0.25) is 4.79 Å². The normalized spacial score (nSPS) is 11.0. The van der Waals surface area contributed by atoms with Crippen LogP contribution in [-0.2, 0) is 27.1 Å². The van der Waals surface area contributed by atoms with Gasteiger partial charge in [0.1, 0.15) is 5.60 Å². The lowest BCUT2D eigenvalue weighted by Gasteiger charge is -2.15. The lowest BCUT2D eigenvalue weighted by atomic mass is 9.96. The Morgan fingerprint density at radius 3 is 1.68 bits per heavy atom. The summed E-state index contributed by atoms with van der Waals surface area (Å²) in [7, 11) is 2.38. The van der Waals surface area contributed by atoms with Crippen molar-refractivity contribution in [2.24, 2.45) is 0 Å². The van der Waals surface area contributed by atoms with Crippen LogP contribution in [0, 0.1) is 0 Å². The minimum Gasteiger partial charge on any atom is -0.478 e. The Kier molecular flexibility index (Phi) is 9.75. The summed E-state index contributed by atoms with van der Waals surface area (Å²) >= 11 is 0. The molecule has 0 saturated carbocycles. The molecule has 0 heterocycles. The molecule has 10 nitrogen and oxygen atoms in total. The van der Waals surface area contributed by atoms with Crippen molar-refractivity contribution in [1.29, 1.82) is 0 Å². The number of carbonyl (C=O) groups excluding carboxylic acids is 4. The predicted molar refractivity (Wildman–Crippen MR) is 146 cm³/mol. The molecule has 214 valence electrons. The molecule has 0 aliphatic rings. The summed E-state index contributed by atoms with van der Waals surface area (Å²) in [4.78, 5) is 61.0. The lowest BCUT2D eigenvalue weighted by molar-refractivity contribution is 0.0488. The van der Waals surface area contributed by atoms with Gasteiger partial charge in [-0.1, -0.05) is 36.4 Å². The summed E-state index contributed by atoms with van der Waals surface area (Å²) in [5, 5.41) is 19.6. The average molecular weight is 563 g/mol. The number of ketones is 1. The van der Waals surface area contributed by atoms with Crippen molar-refractivity contribution in [3.05, 3.63) is 105 Å². The number of benzene rings is 3. The summed E-state index contributed by atoms with van der Waals surface area (Å²) in [6.45, 7) is 2.79. The second kappa shape index (κ2) is 13.0. The van der Waals surface area contributed by atoms with Crippen LogP contribution in [-0.4, -0.2) is 66.3 Å². The molecule has 0 amide bonds. The third kappa shape index (κ3) is 7.64. The second-order valence-corrected chi connectivity index (χ2v) is 9.70. The Hall–Kier alpha value is -4.83. The van der Waals surface area contributed by atoms with Crippen LogP contribution in [0.3, 0.4) is 0 Å². The fraction of sp³-hybridized carbons (Fsp3) is 0.258. The number of Topliss-reactive ketones (excluding diaryl/α,β-unsaturated/α-hetero) is 1. The number of hydrogen-bond acceptors (Lipinski definition) is 9. The van der Waals surface area contributed by atoms with Crippen LogP contribution >= 0.6 is 0 Å². The van der Waals surface area contributed by atoms with Gasteiger partial charge in [-0.2, -0.15) is 0 Å². The van der Waals surface area contributed by atoms with Crippen molar-refractivity contribution in [3.63, 3.8) is 0 Å². The maximum Gasteiger partial charge on any atom is 0.339 e. The fourth-order valence-electron chi connectivity index (χ4n) is 4.08. The molecule has 0 aromatic heterocycles. The van der Waals surface area contributed by atoms with E-state index in [2.05, 4.69) is 0 Å². The predicted octanol–water partition coefficient (Wildman–Crippen LogP) is 3.90. The zero-order valence-corrected chi connectivity index (χ0v) is 23.1. The highest BCUT2D eigenvalue weighted by Crippen LogP contribution is 2.21. The van der Waals surface area contributed by atoms with Gasteiger partial charge in [0, 0.05) is 12.0 Å². The van der Waals surface area contributed by atoms with E-state index in [9.17, 15) is 34.2 Å². The van der Waals surface area contributed by atoms with Crippen molar-refractivity contribution in [2.75, 3.05) is 20.8 Å². The van der Waals surface area contributed by atoms with Crippen molar-refractivity contribution in [3.8, 4) is 0 Å². The van der Waals surface area contributed by atoms with E-state index >= 15 is 0 Å². The quantitative estimate of drug-likeness (QED) is 0.200. The number of carboxylic acids is 1. The minimum atomic E-state index is -1.49. The molecule has 0 aliphatic heterocycles. The molecule has 0 atom stereocenters. The van der Waals surface area contributed by atoms with E-state index in [1.54, 1.807) is 36.4 Å². The molecule has 0 saturated heterocycles. The van der Waals surface area contributed by atoms with Gasteiger partial charge in [0.2, 0.25) is 0 Å². The van der Waals surface area contributed by atoms with Gasteiger partial charge in [0.05, 0.1) is 43.1 Å². The Labute approximate surface area is 236 Å². The summed E-state index contributed by atoms with van der Waals surface area (Å²) in [5.74, 6) is -3.97. The van der Waals surface area contributed by atoms with E-state index < -0.39 is 35.3 Å². The molecule has 0 aliphatic carbocycles. The monoisotopic (exact) mass is 562 g/mol. The van der Waals surface area contributed by atoms with Crippen molar-refractivity contribution in [1.82, 2.24) is 0 Å². The summed E-state index contributed by atoms with van der Waals surface area (Å²) in [6.07, 6.45) is 0.528. The third-order valence-electron chi connectivity index (χ3n) is 6.23. The Morgan fingerprint density at radius 1 is 0.683 bits per heavy atom. The van der Waals surface area contributed by atoms with E-state index in [1.807, 2.05) is 0 Å². The first kappa shape index (κ1) is 30.7. The summed E-state index contributed by atoms with van der Waals surface area (Å²) in [5.41, 5.74) is 0.454. The SMILES string of the molecule is COC(=O)c1ccc(Cc2ccc(C(=O)OCCc3ccc(C(=O)C(C)(C)O)cc3)c(C(=O)O)c2)cc1C(=O)OC. The number of aliphatic hydroxyl groups is 1. The van der Waals surface area contributed by atoms with Crippen LogP contribution in [0.5, 0.6) is 0 Å². The Balaban J connectivity index is 1.72. The number of ether oxygens (including phenoxy) is 3. The first-order valence-corrected chi connectivity index (χ1v) is 12.5. The van der Waals surface area contributed by atoms with E-state index in [4.69, 9.17) is 14.2 Å². The topological polar surface area (TPSA) is 154 Å². The molecular weight excluding hydrogens is 532 g/mol. The average Bonchev–Trinajstić information content (AvgIpc) is 2.95. The number of hydrogen-bond donors (Lipinski definition) is 2. The fourth-order valence-corrected chi connectivity index (χ4v) is 4.08. The van der Waals surface area contributed by atoms with Crippen molar-refractivity contribution >= 4 is 29.7 Å². The molecular formula is C31H30O10. The van der Waals surface area contributed by atoms with Gasteiger partial charge >= 0.3 is 23.9 Å². The number of carbonyl (C=O) groups is 5. The first-order valence-electron chi connectivity index (χ1n) is 12.5. The summed E-state index contributed by atoms with van der Waals surface area (Å²) in [6, 6.07) is 15.3. The highest BCUT2D eigenvalue weighted by molar-refractivity contribution is 6.04. The van der Waals surface area contributed by atoms with Crippen LogP contribution in [0.2, 0.25) is 0 Å². The molecule has 0 radical (unpaired) electrons. The Bertz CT molecular complexity index is 1480. The molecule has 3 rings (SSSR count). The molecule has 2 N–H and O–H groups in total. The van der Waals surface area contributed by atoms with Gasteiger partial charge in [-0.25, -0.2) is 19.2 Å². The largest absolute Gasteiger partial charge is 0.478 e. The molecule has 0 bridgehead atoms. The number of rotatable bonds is 11. The molecule has 0 spiro atoms. The van der Waals surface area contributed by atoms with Gasteiger partial charge in [-0.05, 0) is 61.2 Å². The van der Waals surface area contributed by atoms with Gasteiger partial charge in [-0.15, -0.1) is 0 Å². The maximum absolute atomic E-state index is 12.7. The zero-order valence-electron chi connectivity index (χ0n) is 23.1. The number of methoxy groups -OCH3 is 2. The molecule has 10 heteroatoms. The third-order valence-corrected chi connectivity index (χ3v) is 6.23. The molecule has 0 fully saturated rings. The van der Waals surface area contributed by atoms with E-state index in [1.165, 1.54) is 52.3 Å². The molecule has 3 aromatic carbocycles. The number of carboxylic acid groups (broad SMARTS) is 1. The van der Waals surface area contributed by atoms with Crippen molar-refractivity contribution in [2.45, 2.75) is 32.3 Å². The highest BCUT2D eigenvalue weighted by Gasteiger charge is 2.25. The number of aromatic carboxylic acids is 1. The van der Waals surface area contributed by atoms with Gasteiger partial charge < -0.3 is 24.4 Å². The minimum absolute atomic E-state index is 0.00832. The van der Waals surface area contributed by atoms with Crippen LogP contribution in [0.25, 0.3) is 0 Å². The maximum atomic E-state index is 12.7. The van der Waals surface area contributed by atoms with E-state index in [0.717, 1.165) is 5.56 Å². The lowest BCUT2D eigenvalue weighted by Crippen LogP contribution is -2.31. The molecule has 41 heavy (non-hydrogen) atoms. The Morgan fingerprint density at radius 2 is 1.17 bits per heavy atom. The van der Waals surface area contributed by atoms with E-state index in [-0.39, 0.29) is 35.3 Å². The molecule has 0 unspecified atom stereocenters. The van der Waals surface area contributed by atoms with Crippen molar-refractivity contribution < 1.29 is 48.4 Å². The second-order valence-electron chi connectivity index (χ2n) is 9.70. The smallest absolute Gasteiger partial charge is 0.339 e. The molecule has 3 aromatic rings. The van der Waals surface area contributed by atoms with Crippen LogP contribution < -0.4 is 0 Å². The van der Waals surface area contributed by atoms with Crippen LogP contribution in [0.1, 0.15) is 82.3 Å². The van der Waals surface area contributed by atoms with Crippen LogP contribution in [0.15, 0.2) is 60.7 Å². The van der Waals surface area contributed by atoms with E-state index in [0.29, 0.717) is 23.1 Å². The number of esters is 3. The van der Waals surface area contributed by atoms with Gasteiger partial charge in [0.25, 0.3) is 0 Å². The van der Waals surface area contributed by atoms with Crippen LogP contribution in [0.4, 0.5) is 0 Å². The summed E-state index contributed by atoms with van der Waals surface area (Å²) < 4.78 is 14.8.